The van der Waals surface area contributed by atoms with Gasteiger partial charge in [-0.25, -0.2) is 0 Å². The third-order valence-corrected chi connectivity index (χ3v) is 6.88. The molecule has 0 aromatic heterocycles. The first-order valence-electron chi connectivity index (χ1n) is 10.3. The van der Waals surface area contributed by atoms with Crippen molar-refractivity contribution in [1.82, 2.24) is 10.2 Å². The Morgan fingerprint density at radius 1 is 1.03 bits per heavy atom. The van der Waals surface area contributed by atoms with Gasteiger partial charge in [0.1, 0.15) is 6.04 Å². The molecule has 3 atom stereocenters. The standard InChI is InChI=1S/C24H30N2O2S/c1-17(2)24-26(23(28)20-12-8-5-9-13-20)21(16-29-24)22(27)25-18(3)14-15-19-10-6-4-7-11-19/h4-13,17-18,21,24H,14-16H2,1-3H3,(H,25,27)/t18-,21+,24+/m0/s1. The van der Waals surface area contributed by atoms with Crippen molar-refractivity contribution in [2.75, 3.05) is 5.75 Å². The Labute approximate surface area is 178 Å². The van der Waals surface area contributed by atoms with Gasteiger partial charge in [0.25, 0.3) is 5.91 Å². The first-order chi connectivity index (χ1) is 14.0. The molecule has 0 spiro atoms. The van der Waals surface area contributed by atoms with E-state index in [1.807, 2.05) is 55.5 Å². The minimum absolute atomic E-state index is 0.0121. The molecule has 2 aromatic rings. The average Bonchev–Trinajstić information content (AvgIpc) is 3.19. The number of hydrogen-bond acceptors (Lipinski definition) is 3. The summed E-state index contributed by atoms with van der Waals surface area (Å²) in [7, 11) is 0. The topological polar surface area (TPSA) is 49.4 Å². The van der Waals surface area contributed by atoms with E-state index in [0.29, 0.717) is 11.3 Å². The van der Waals surface area contributed by atoms with E-state index in [9.17, 15) is 9.59 Å². The first kappa shape index (κ1) is 21.4. The van der Waals surface area contributed by atoms with E-state index in [4.69, 9.17) is 0 Å². The van der Waals surface area contributed by atoms with Gasteiger partial charge in [-0.1, -0.05) is 62.4 Å². The number of benzene rings is 2. The van der Waals surface area contributed by atoms with E-state index in [2.05, 4.69) is 31.3 Å². The third kappa shape index (κ3) is 5.41. The second-order valence-electron chi connectivity index (χ2n) is 8.00. The fourth-order valence-electron chi connectivity index (χ4n) is 3.67. The van der Waals surface area contributed by atoms with Crippen LogP contribution in [-0.2, 0) is 11.2 Å². The summed E-state index contributed by atoms with van der Waals surface area (Å²) < 4.78 is 0. The summed E-state index contributed by atoms with van der Waals surface area (Å²) >= 11 is 1.70. The minimum atomic E-state index is -0.431. The molecule has 0 aliphatic carbocycles. The quantitative estimate of drug-likeness (QED) is 0.738. The molecule has 1 heterocycles. The van der Waals surface area contributed by atoms with E-state index in [0.717, 1.165) is 12.8 Å². The molecular weight excluding hydrogens is 380 g/mol. The lowest BCUT2D eigenvalue weighted by molar-refractivity contribution is -0.125. The van der Waals surface area contributed by atoms with Crippen molar-refractivity contribution in [3.8, 4) is 0 Å². The summed E-state index contributed by atoms with van der Waals surface area (Å²) in [5.74, 6) is 0.802. The number of carbonyl (C=O) groups is 2. The molecule has 1 aliphatic heterocycles. The fourth-order valence-corrected chi connectivity index (χ4v) is 5.15. The van der Waals surface area contributed by atoms with Crippen molar-refractivity contribution in [3.05, 3.63) is 71.8 Å². The number of carbonyl (C=O) groups excluding carboxylic acids is 2. The molecule has 0 radical (unpaired) electrons. The molecule has 5 heteroatoms. The number of rotatable bonds is 7. The summed E-state index contributed by atoms with van der Waals surface area (Å²) in [6.07, 6.45) is 1.79. The Hall–Kier alpha value is -2.27. The molecule has 2 amide bonds. The van der Waals surface area contributed by atoms with Gasteiger partial charge in [-0.2, -0.15) is 0 Å². The maximum atomic E-state index is 13.2. The smallest absolute Gasteiger partial charge is 0.255 e. The highest BCUT2D eigenvalue weighted by Gasteiger charge is 2.43. The summed E-state index contributed by atoms with van der Waals surface area (Å²) in [5.41, 5.74) is 1.90. The normalized spacial score (nSPS) is 19.9. The highest BCUT2D eigenvalue weighted by Crippen LogP contribution is 2.35. The van der Waals surface area contributed by atoms with Gasteiger partial charge in [0.05, 0.1) is 5.37 Å². The van der Waals surface area contributed by atoms with Crippen LogP contribution in [0, 0.1) is 5.92 Å². The van der Waals surface area contributed by atoms with Crippen molar-refractivity contribution in [2.45, 2.75) is 51.1 Å². The fraction of sp³-hybridized carbons (Fsp3) is 0.417. The number of nitrogens with zero attached hydrogens (tertiary/aromatic N) is 1. The SMILES string of the molecule is CC(C)[C@H]1SC[C@H](C(=O)N[C@@H](C)CCc2ccccc2)N1C(=O)c1ccccc1. The number of nitrogens with one attached hydrogen (secondary N) is 1. The Bertz CT molecular complexity index is 810. The molecule has 4 nitrogen and oxygen atoms in total. The van der Waals surface area contributed by atoms with E-state index in [1.54, 1.807) is 16.7 Å². The summed E-state index contributed by atoms with van der Waals surface area (Å²) in [6, 6.07) is 19.2. The van der Waals surface area contributed by atoms with Gasteiger partial charge in [-0.3, -0.25) is 9.59 Å². The molecule has 154 valence electrons. The molecule has 1 saturated heterocycles. The van der Waals surface area contributed by atoms with Crippen LogP contribution in [0.4, 0.5) is 0 Å². The van der Waals surface area contributed by atoms with Crippen LogP contribution in [0.15, 0.2) is 60.7 Å². The van der Waals surface area contributed by atoms with Crippen molar-refractivity contribution in [2.24, 2.45) is 5.92 Å². The predicted molar refractivity (Wildman–Crippen MR) is 120 cm³/mol. The maximum absolute atomic E-state index is 13.2. The lowest BCUT2D eigenvalue weighted by Crippen LogP contribution is -2.52. The van der Waals surface area contributed by atoms with Gasteiger partial charge in [-0.15, -0.1) is 11.8 Å². The summed E-state index contributed by atoms with van der Waals surface area (Å²) in [6.45, 7) is 6.24. The van der Waals surface area contributed by atoms with Crippen molar-refractivity contribution in [3.63, 3.8) is 0 Å². The predicted octanol–water partition coefficient (Wildman–Crippen LogP) is 4.36. The lowest BCUT2D eigenvalue weighted by atomic mass is 10.1. The highest BCUT2D eigenvalue weighted by molar-refractivity contribution is 8.00. The molecule has 0 saturated carbocycles. The Kier molecular flexibility index (Phi) is 7.37. The van der Waals surface area contributed by atoms with E-state index in [-0.39, 0.29) is 29.1 Å². The molecule has 3 rings (SSSR count). The number of aryl methyl sites for hydroxylation is 1. The number of thioether (sulfide) groups is 1. The number of hydrogen-bond donors (Lipinski definition) is 1. The van der Waals surface area contributed by atoms with Crippen LogP contribution in [0.1, 0.15) is 43.1 Å². The number of amides is 2. The first-order valence-corrected chi connectivity index (χ1v) is 11.4. The molecule has 0 unspecified atom stereocenters. The molecule has 1 aliphatic rings. The van der Waals surface area contributed by atoms with E-state index >= 15 is 0 Å². The van der Waals surface area contributed by atoms with Crippen molar-refractivity contribution in [1.29, 1.82) is 0 Å². The van der Waals surface area contributed by atoms with Gasteiger partial charge >= 0.3 is 0 Å². The van der Waals surface area contributed by atoms with Gasteiger partial charge in [-0.05, 0) is 43.4 Å². The molecule has 2 aromatic carbocycles. The Morgan fingerprint density at radius 2 is 1.66 bits per heavy atom. The van der Waals surface area contributed by atoms with Crippen LogP contribution in [0.5, 0.6) is 0 Å². The summed E-state index contributed by atoms with van der Waals surface area (Å²) in [4.78, 5) is 28.1. The zero-order chi connectivity index (χ0) is 20.8. The second kappa shape index (κ2) is 9.97. The molecule has 1 N–H and O–H groups in total. The lowest BCUT2D eigenvalue weighted by Gasteiger charge is -2.31. The van der Waals surface area contributed by atoms with Gasteiger partial charge in [0.15, 0.2) is 0 Å². The monoisotopic (exact) mass is 410 g/mol. The van der Waals surface area contributed by atoms with Gasteiger partial charge in [0.2, 0.25) is 5.91 Å². The van der Waals surface area contributed by atoms with Crippen molar-refractivity contribution >= 4 is 23.6 Å². The van der Waals surface area contributed by atoms with Gasteiger partial charge < -0.3 is 10.2 Å². The van der Waals surface area contributed by atoms with E-state index < -0.39 is 6.04 Å². The van der Waals surface area contributed by atoms with Crippen LogP contribution in [-0.4, -0.2) is 39.9 Å². The minimum Gasteiger partial charge on any atom is -0.352 e. The van der Waals surface area contributed by atoms with Crippen LogP contribution < -0.4 is 5.32 Å². The molecule has 1 fully saturated rings. The second-order valence-corrected chi connectivity index (χ2v) is 9.15. The summed E-state index contributed by atoms with van der Waals surface area (Å²) in [5, 5.41) is 3.15. The zero-order valence-electron chi connectivity index (χ0n) is 17.4. The average molecular weight is 411 g/mol. The molecule has 0 bridgehead atoms. The molecule has 29 heavy (non-hydrogen) atoms. The zero-order valence-corrected chi connectivity index (χ0v) is 18.2. The van der Waals surface area contributed by atoms with Gasteiger partial charge in [0, 0.05) is 17.4 Å². The Morgan fingerprint density at radius 3 is 2.28 bits per heavy atom. The van der Waals surface area contributed by atoms with Crippen LogP contribution in [0.25, 0.3) is 0 Å². The largest absolute Gasteiger partial charge is 0.352 e. The van der Waals surface area contributed by atoms with E-state index in [1.165, 1.54) is 5.56 Å². The highest BCUT2D eigenvalue weighted by atomic mass is 32.2. The maximum Gasteiger partial charge on any atom is 0.255 e. The Balaban J connectivity index is 1.66. The van der Waals surface area contributed by atoms with Crippen molar-refractivity contribution < 1.29 is 9.59 Å². The third-order valence-electron chi connectivity index (χ3n) is 5.26. The molecular formula is C24H30N2O2S. The van der Waals surface area contributed by atoms with Crippen LogP contribution in [0.2, 0.25) is 0 Å². The van der Waals surface area contributed by atoms with Crippen LogP contribution >= 0.6 is 11.8 Å². The van der Waals surface area contributed by atoms with Crippen LogP contribution in [0.3, 0.4) is 0 Å².